The smallest absolute Gasteiger partial charge is 0.195 e. The minimum atomic E-state index is 0.0320. The fraction of sp³-hybridized carbons (Fsp3) is 0.273. The molecule has 0 fully saturated rings. The Kier molecular flexibility index (Phi) is 6.52. The van der Waals surface area contributed by atoms with Crippen LogP contribution in [0.15, 0.2) is 40.9 Å². The zero-order chi connectivity index (χ0) is 20.3. The zero-order valence-corrected chi connectivity index (χ0v) is 18.9. The third-order valence-corrected chi connectivity index (χ3v) is 6.99. The van der Waals surface area contributed by atoms with Gasteiger partial charge in [-0.2, -0.15) is 5.10 Å². The Morgan fingerprint density at radius 1 is 1.29 bits per heavy atom. The number of thiophene rings is 1. The van der Waals surface area contributed by atoms with E-state index in [0.717, 1.165) is 44.0 Å². The summed E-state index contributed by atoms with van der Waals surface area (Å²) in [4.78, 5) is 14.4. The molecule has 28 heavy (non-hydrogen) atoms. The van der Waals surface area contributed by atoms with E-state index in [1.807, 2.05) is 54.9 Å². The fourth-order valence-corrected chi connectivity index (χ4v) is 4.12. The number of nitrogens with zero attached hydrogens (tertiary/aromatic N) is 2. The summed E-state index contributed by atoms with van der Waals surface area (Å²) in [5.74, 6) is 0.836. The summed E-state index contributed by atoms with van der Waals surface area (Å²) in [6.45, 7) is 6.70. The van der Waals surface area contributed by atoms with Gasteiger partial charge in [-0.15, -0.1) is 11.3 Å². The summed E-state index contributed by atoms with van der Waals surface area (Å²) in [7, 11) is 1.66. The van der Waals surface area contributed by atoms with Crippen LogP contribution in [0.5, 0.6) is 5.75 Å². The number of hydrogen-bond donors (Lipinski definition) is 0. The molecule has 0 saturated heterocycles. The molecule has 1 aromatic carbocycles. The molecule has 0 aliphatic rings. The third-order valence-electron chi connectivity index (χ3n) is 4.60. The second-order valence-corrected chi connectivity index (χ2v) is 8.49. The average Bonchev–Trinajstić information content (AvgIpc) is 3.27. The Morgan fingerprint density at radius 2 is 2.07 bits per heavy atom. The van der Waals surface area contributed by atoms with Crippen molar-refractivity contribution in [1.82, 2.24) is 9.78 Å². The molecule has 0 N–H and O–H groups in total. The maximum atomic E-state index is 12.4. The number of allylic oxidation sites excluding steroid dienone is 1. The van der Waals surface area contributed by atoms with E-state index in [-0.39, 0.29) is 5.78 Å². The highest BCUT2D eigenvalue weighted by molar-refractivity contribution is 9.10. The van der Waals surface area contributed by atoms with Crippen LogP contribution in [-0.2, 0) is 13.0 Å². The topological polar surface area (TPSA) is 44.1 Å². The maximum absolute atomic E-state index is 12.4. The molecule has 0 spiro atoms. The van der Waals surface area contributed by atoms with Crippen molar-refractivity contribution in [3.05, 3.63) is 73.1 Å². The van der Waals surface area contributed by atoms with Gasteiger partial charge in [-0.3, -0.25) is 9.48 Å². The molecule has 3 aromatic rings. The number of halogens is 1. The van der Waals surface area contributed by atoms with Gasteiger partial charge in [0.05, 0.1) is 34.4 Å². The highest BCUT2D eigenvalue weighted by Gasteiger charge is 2.12. The largest absolute Gasteiger partial charge is 0.496 e. The number of carbonyl (C=O) groups is 1. The molecule has 146 valence electrons. The number of carbonyl (C=O) groups excluding carboxylic acids is 1. The molecule has 0 atom stereocenters. The highest BCUT2D eigenvalue weighted by Crippen LogP contribution is 2.25. The quantitative estimate of drug-likeness (QED) is 0.329. The molecule has 0 amide bonds. The molecule has 6 heteroatoms. The number of methoxy groups -OCH3 is 1. The standard InChI is InChI=1S/C22H23BrN2O2S/c1-5-18-8-11-21(28-18)19(26)9-6-16-7-10-20(27-4)17(12-16)13-25-15(3)22(23)14(2)24-25/h6-12H,5,13H2,1-4H3/b9-6+. The Labute approximate surface area is 178 Å². The first-order chi connectivity index (χ1) is 13.4. The number of benzene rings is 1. The first kappa shape index (κ1) is 20.6. The van der Waals surface area contributed by atoms with Gasteiger partial charge in [-0.05, 0) is 72.1 Å². The van der Waals surface area contributed by atoms with Gasteiger partial charge in [-0.1, -0.05) is 19.1 Å². The van der Waals surface area contributed by atoms with Crippen molar-refractivity contribution >= 4 is 39.1 Å². The summed E-state index contributed by atoms with van der Waals surface area (Å²) >= 11 is 5.13. The number of rotatable bonds is 7. The normalized spacial score (nSPS) is 11.3. The summed E-state index contributed by atoms with van der Waals surface area (Å²) in [6, 6.07) is 9.84. The van der Waals surface area contributed by atoms with Gasteiger partial charge in [0, 0.05) is 10.4 Å². The van der Waals surface area contributed by atoms with Crippen LogP contribution in [0, 0.1) is 13.8 Å². The average molecular weight is 459 g/mol. The van der Waals surface area contributed by atoms with Crippen molar-refractivity contribution < 1.29 is 9.53 Å². The van der Waals surface area contributed by atoms with Crippen LogP contribution < -0.4 is 4.74 Å². The predicted octanol–water partition coefficient (Wildman–Crippen LogP) is 5.84. The van der Waals surface area contributed by atoms with Gasteiger partial charge < -0.3 is 4.74 Å². The molecule has 0 saturated carbocycles. The van der Waals surface area contributed by atoms with E-state index in [9.17, 15) is 4.79 Å². The molecule has 0 unspecified atom stereocenters. The molecule has 0 radical (unpaired) electrons. The molecule has 3 rings (SSSR count). The minimum Gasteiger partial charge on any atom is -0.496 e. The van der Waals surface area contributed by atoms with Crippen LogP contribution in [0.1, 0.15) is 44.0 Å². The van der Waals surface area contributed by atoms with Crippen LogP contribution in [-0.4, -0.2) is 22.7 Å². The number of aryl methyl sites for hydroxylation is 2. The first-order valence-corrected chi connectivity index (χ1v) is 10.7. The van der Waals surface area contributed by atoms with E-state index in [1.165, 1.54) is 4.88 Å². The van der Waals surface area contributed by atoms with Crippen molar-refractivity contribution in [1.29, 1.82) is 0 Å². The number of hydrogen-bond acceptors (Lipinski definition) is 4. The molecule has 0 bridgehead atoms. The molecule has 2 heterocycles. The fourth-order valence-electron chi connectivity index (χ4n) is 2.97. The van der Waals surface area contributed by atoms with Crippen molar-refractivity contribution in [3.63, 3.8) is 0 Å². The number of ketones is 1. The summed E-state index contributed by atoms with van der Waals surface area (Å²) in [5.41, 5.74) is 4.00. The summed E-state index contributed by atoms with van der Waals surface area (Å²) in [5, 5.41) is 4.58. The van der Waals surface area contributed by atoms with E-state index in [1.54, 1.807) is 24.5 Å². The summed E-state index contributed by atoms with van der Waals surface area (Å²) < 4.78 is 8.49. The second-order valence-electron chi connectivity index (χ2n) is 6.53. The van der Waals surface area contributed by atoms with Crippen molar-refractivity contribution in [2.24, 2.45) is 0 Å². The van der Waals surface area contributed by atoms with Crippen LogP contribution >= 0.6 is 27.3 Å². The van der Waals surface area contributed by atoms with Crippen molar-refractivity contribution in [2.75, 3.05) is 7.11 Å². The van der Waals surface area contributed by atoms with Crippen molar-refractivity contribution in [3.8, 4) is 5.75 Å². The third kappa shape index (κ3) is 4.45. The van der Waals surface area contributed by atoms with E-state index < -0.39 is 0 Å². The molecule has 4 nitrogen and oxygen atoms in total. The Balaban J connectivity index is 1.83. The highest BCUT2D eigenvalue weighted by atomic mass is 79.9. The minimum absolute atomic E-state index is 0.0320. The van der Waals surface area contributed by atoms with Crippen molar-refractivity contribution in [2.45, 2.75) is 33.7 Å². The van der Waals surface area contributed by atoms with Crippen LogP contribution in [0.2, 0.25) is 0 Å². The number of aromatic nitrogens is 2. The molecular formula is C22H23BrN2O2S. The Bertz CT molecular complexity index is 1030. The predicted molar refractivity (Wildman–Crippen MR) is 119 cm³/mol. The Hall–Kier alpha value is -2.18. The first-order valence-electron chi connectivity index (χ1n) is 9.10. The van der Waals surface area contributed by atoms with Gasteiger partial charge in [0.1, 0.15) is 5.75 Å². The van der Waals surface area contributed by atoms with Crippen LogP contribution in [0.25, 0.3) is 6.08 Å². The van der Waals surface area contributed by atoms with Crippen LogP contribution in [0.3, 0.4) is 0 Å². The lowest BCUT2D eigenvalue weighted by Gasteiger charge is -2.11. The lowest BCUT2D eigenvalue weighted by molar-refractivity contribution is 0.105. The maximum Gasteiger partial charge on any atom is 0.195 e. The van der Waals surface area contributed by atoms with Gasteiger partial charge in [-0.25, -0.2) is 0 Å². The molecule has 2 aromatic heterocycles. The molecular weight excluding hydrogens is 436 g/mol. The Morgan fingerprint density at radius 3 is 2.68 bits per heavy atom. The van der Waals surface area contributed by atoms with E-state index in [0.29, 0.717) is 6.54 Å². The van der Waals surface area contributed by atoms with Gasteiger partial charge in [0.15, 0.2) is 5.78 Å². The zero-order valence-electron chi connectivity index (χ0n) is 16.5. The SMILES string of the molecule is CCc1ccc(C(=O)/C=C/c2ccc(OC)c(Cn3nc(C)c(Br)c3C)c2)s1. The van der Waals surface area contributed by atoms with Gasteiger partial charge >= 0.3 is 0 Å². The lowest BCUT2D eigenvalue weighted by atomic mass is 10.1. The van der Waals surface area contributed by atoms with Gasteiger partial charge in [0.25, 0.3) is 0 Å². The van der Waals surface area contributed by atoms with Gasteiger partial charge in [0.2, 0.25) is 0 Å². The number of ether oxygens (including phenoxy) is 1. The monoisotopic (exact) mass is 458 g/mol. The molecule has 0 aliphatic heterocycles. The lowest BCUT2D eigenvalue weighted by Crippen LogP contribution is -2.06. The van der Waals surface area contributed by atoms with Crippen LogP contribution in [0.4, 0.5) is 0 Å². The van der Waals surface area contributed by atoms with E-state index in [4.69, 9.17) is 4.74 Å². The van der Waals surface area contributed by atoms with E-state index >= 15 is 0 Å². The van der Waals surface area contributed by atoms with E-state index in [2.05, 4.69) is 28.0 Å². The summed E-state index contributed by atoms with van der Waals surface area (Å²) in [6.07, 6.45) is 4.44. The second kappa shape index (κ2) is 8.88. The molecule has 0 aliphatic carbocycles.